The molecule has 1 aliphatic heterocycles. The Kier molecular flexibility index (Phi) is 2.21. The van der Waals surface area contributed by atoms with Crippen molar-refractivity contribution in [2.24, 2.45) is 0 Å². The first kappa shape index (κ1) is 10.4. The van der Waals surface area contributed by atoms with Gasteiger partial charge in [-0.25, -0.2) is 4.98 Å². The van der Waals surface area contributed by atoms with Crippen molar-refractivity contribution < 1.29 is 0 Å². The fourth-order valence-electron chi connectivity index (χ4n) is 2.04. The van der Waals surface area contributed by atoms with E-state index in [1.807, 2.05) is 4.57 Å². The molecule has 0 saturated carbocycles. The lowest BCUT2D eigenvalue weighted by molar-refractivity contribution is 0.532. The summed E-state index contributed by atoms with van der Waals surface area (Å²) in [5.41, 5.74) is 0.975. The zero-order valence-electron chi connectivity index (χ0n) is 9.87. The molecule has 0 spiro atoms. The van der Waals surface area contributed by atoms with Gasteiger partial charge in [0, 0.05) is 23.9 Å². The first-order chi connectivity index (χ1) is 6.89. The van der Waals surface area contributed by atoms with Crippen LogP contribution in [0.3, 0.4) is 0 Å². The summed E-state index contributed by atoms with van der Waals surface area (Å²) in [6.45, 7) is 8.34. The van der Waals surface area contributed by atoms with Crippen LogP contribution in [-0.2, 0) is 11.8 Å². The van der Waals surface area contributed by atoms with Gasteiger partial charge in [-0.2, -0.15) is 0 Å². The third-order valence-corrected chi connectivity index (χ3v) is 3.02. The zero-order valence-corrected chi connectivity index (χ0v) is 9.87. The molecule has 1 aromatic heterocycles. The highest BCUT2D eigenvalue weighted by atomic mass is 16.1. The van der Waals surface area contributed by atoms with Gasteiger partial charge in [-0.1, -0.05) is 20.8 Å². The monoisotopic (exact) mass is 206 g/mol. The Labute approximate surface area is 90.2 Å². The molecular formula is C12H18N2O. The van der Waals surface area contributed by atoms with Gasteiger partial charge < -0.3 is 0 Å². The van der Waals surface area contributed by atoms with Gasteiger partial charge in [0.15, 0.2) is 0 Å². The number of aromatic nitrogens is 2. The second-order valence-electron chi connectivity index (χ2n) is 5.40. The van der Waals surface area contributed by atoms with Gasteiger partial charge in [-0.3, -0.25) is 9.36 Å². The normalized spacial score (nSPS) is 20.4. The van der Waals surface area contributed by atoms with E-state index in [1.54, 1.807) is 6.07 Å². The second kappa shape index (κ2) is 3.19. The highest BCUT2D eigenvalue weighted by Gasteiger charge is 2.24. The van der Waals surface area contributed by atoms with Crippen molar-refractivity contribution in [2.75, 3.05) is 0 Å². The van der Waals surface area contributed by atoms with Crippen LogP contribution >= 0.6 is 0 Å². The van der Waals surface area contributed by atoms with E-state index in [0.29, 0.717) is 6.04 Å². The largest absolute Gasteiger partial charge is 0.294 e. The maximum absolute atomic E-state index is 11.9. The van der Waals surface area contributed by atoms with E-state index >= 15 is 0 Å². The van der Waals surface area contributed by atoms with Crippen LogP contribution in [-0.4, -0.2) is 9.55 Å². The Balaban J connectivity index is 2.59. The Morgan fingerprint density at radius 3 is 2.73 bits per heavy atom. The zero-order chi connectivity index (χ0) is 11.2. The Bertz CT molecular complexity index is 440. The minimum Gasteiger partial charge on any atom is -0.294 e. The highest BCUT2D eigenvalue weighted by molar-refractivity contribution is 5.15. The minimum atomic E-state index is -0.0411. The SMILES string of the molecule is CC1CCc2nc(C(C)(C)C)cc(=O)n21. The van der Waals surface area contributed by atoms with Gasteiger partial charge in [-0.15, -0.1) is 0 Å². The summed E-state index contributed by atoms with van der Waals surface area (Å²) in [4.78, 5) is 16.5. The van der Waals surface area contributed by atoms with Crippen molar-refractivity contribution in [3.63, 3.8) is 0 Å². The quantitative estimate of drug-likeness (QED) is 0.651. The van der Waals surface area contributed by atoms with Crippen LogP contribution in [0, 0.1) is 0 Å². The van der Waals surface area contributed by atoms with Crippen LogP contribution in [0.15, 0.2) is 10.9 Å². The summed E-state index contributed by atoms with van der Waals surface area (Å²) in [6.07, 6.45) is 1.97. The number of nitrogens with zero attached hydrogens (tertiary/aromatic N) is 2. The van der Waals surface area contributed by atoms with E-state index < -0.39 is 0 Å². The molecule has 0 amide bonds. The van der Waals surface area contributed by atoms with Gasteiger partial charge in [-0.05, 0) is 13.3 Å². The van der Waals surface area contributed by atoms with Gasteiger partial charge in [0.1, 0.15) is 5.82 Å². The van der Waals surface area contributed by atoms with E-state index in [9.17, 15) is 4.79 Å². The fourth-order valence-corrected chi connectivity index (χ4v) is 2.04. The molecule has 0 bridgehead atoms. The highest BCUT2D eigenvalue weighted by Crippen LogP contribution is 2.24. The number of aryl methyl sites for hydroxylation is 1. The van der Waals surface area contributed by atoms with E-state index in [-0.39, 0.29) is 11.0 Å². The Morgan fingerprint density at radius 2 is 2.13 bits per heavy atom. The average molecular weight is 206 g/mol. The van der Waals surface area contributed by atoms with Crippen LogP contribution in [0.2, 0.25) is 0 Å². The first-order valence-electron chi connectivity index (χ1n) is 5.52. The molecule has 1 aromatic rings. The molecule has 15 heavy (non-hydrogen) atoms. The third kappa shape index (κ3) is 1.71. The lowest BCUT2D eigenvalue weighted by Crippen LogP contribution is -2.27. The molecule has 1 atom stereocenters. The third-order valence-electron chi connectivity index (χ3n) is 3.02. The molecule has 0 fully saturated rings. The molecule has 0 aromatic carbocycles. The van der Waals surface area contributed by atoms with E-state index in [2.05, 4.69) is 32.7 Å². The lowest BCUT2D eigenvalue weighted by atomic mass is 9.92. The predicted octanol–water partition coefficient (Wildman–Crippen LogP) is 2.05. The van der Waals surface area contributed by atoms with Crippen molar-refractivity contribution in [3.8, 4) is 0 Å². The van der Waals surface area contributed by atoms with Crippen LogP contribution in [0.1, 0.15) is 51.7 Å². The van der Waals surface area contributed by atoms with Crippen molar-refractivity contribution in [1.29, 1.82) is 0 Å². The summed E-state index contributed by atoms with van der Waals surface area (Å²) in [5.74, 6) is 0.958. The van der Waals surface area contributed by atoms with Gasteiger partial charge in [0.05, 0.1) is 5.69 Å². The topological polar surface area (TPSA) is 34.9 Å². The number of rotatable bonds is 0. The van der Waals surface area contributed by atoms with Crippen molar-refractivity contribution in [3.05, 3.63) is 27.9 Å². The van der Waals surface area contributed by atoms with Gasteiger partial charge in [0.25, 0.3) is 5.56 Å². The molecule has 2 rings (SSSR count). The first-order valence-corrected chi connectivity index (χ1v) is 5.52. The van der Waals surface area contributed by atoms with Gasteiger partial charge in [0.2, 0.25) is 0 Å². The maximum atomic E-state index is 11.9. The molecule has 3 heteroatoms. The molecular weight excluding hydrogens is 188 g/mol. The van der Waals surface area contributed by atoms with Crippen LogP contribution in [0.4, 0.5) is 0 Å². The minimum absolute atomic E-state index is 0.0411. The van der Waals surface area contributed by atoms with Gasteiger partial charge >= 0.3 is 0 Å². The molecule has 0 aliphatic carbocycles. The standard InChI is InChI=1S/C12H18N2O/c1-8-5-6-10-13-9(12(2,3)4)7-11(15)14(8)10/h7-8H,5-6H2,1-4H3. The number of hydrogen-bond donors (Lipinski definition) is 0. The molecule has 0 radical (unpaired) electrons. The molecule has 3 nitrogen and oxygen atoms in total. The molecule has 1 aliphatic rings. The van der Waals surface area contributed by atoms with Crippen LogP contribution in [0.25, 0.3) is 0 Å². The molecule has 0 N–H and O–H groups in total. The van der Waals surface area contributed by atoms with Crippen molar-refractivity contribution in [2.45, 2.75) is 52.0 Å². The molecule has 82 valence electrons. The maximum Gasteiger partial charge on any atom is 0.253 e. The number of hydrogen-bond acceptors (Lipinski definition) is 2. The van der Waals surface area contributed by atoms with Crippen LogP contribution < -0.4 is 5.56 Å². The second-order valence-corrected chi connectivity index (χ2v) is 5.40. The van der Waals surface area contributed by atoms with E-state index in [1.165, 1.54) is 0 Å². The van der Waals surface area contributed by atoms with Crippen molar-refractivity contribution in [1.82, 2.24) is 9.55 Å². The van der Waals surface area contributed by atoms with Crippen LogP contribution in [0.5, 0.6) is 0 Å². The summed E-state index contributed by atoms with van der Waals surface area (Å²) >= 11 is 0. The smallest absolute Gasteiger partial charge is 0.253 e. The fraction of sp³-hybridized carbons (Fsp3) is 0.667. The summed E-state index contributed by atoms with van der Waals surface area (Å²) in [6, 6.07) is 2.00. The molecule has 0 saturated heterocycles. The Morgan fingerprint density at radius 1 is 1.47 bits per heavy atom. The summed E-state index contributed by atoms with van der Waals surface area (Å²) in [7, 11) is 0. The number of fused-ring (bicyclic) bond motifs is 1. The molecule has 1 unspecified atom stereocenters. The summed E-state index contributed by atoms with van der Waals surface area (Å²) in [5, 5.41) is 0. The molecule has 2 heterocycles. The average Bonchev–Trinajstić information content (AvgIpc) is 2.46. The van der Waals surface area contributed by atoms with E-state index in [0.717, 1.165) is 24.4 Å². The Hall–Kier alpha value is -1.12. The van der Waals surface area contributed by atoms with Crippen molar-refractivity contribution >= 4 is 0 Å². The lowest BCUT2D eigenvalue weighted by Gasteiger charge is -2.19. The van der Waals surface area contributed by atoms with E-state index in [4.69, 9.17) is 0 Å². The predicted molar refractivity (Wildman–Crippen MR) is 60.2 cm³/mol. The summed E-state index contributed by atoms with van der Waals surface area (Å²) < 4.78 is 1.83.